The number of halogens is 3. The second-order valence-corrected chi connectivity index (χ2v) is 1.32. The summed E-state index contributed by atoms with van der Waals surface area (Å²) in [5, 5.41) is 39.4. The molecular weight excluding hydrogens is 334 g/mol. The number of aliphatic carboxylic acids is 1. The number of carboxylic acids is 1. The minimum Gasteiger partial charge on any atom is -0.565 e. The molecule has 0 heterocycles. The van der Waals surface area contributed by atoms with Crippen LogP contribution in [0.5, 0.6) is 0 Å². The van der Waals surface area contributed by atoms with E-state index in [1.807, 2.05) is 0 Å². The first-order chi connectivity index (χ1) is 6.41. The molecule has 90 valence electrons. The van der Waals surface area contributed by atoms with Crippen LogP contribution >= 0.6 is 0 Å². The summed E-state index contributed by atoms with van der Waals surface area (Å²) in [7, 11) is 0. The van der Waals surface area contributed by atoms with Gasteiger partial charge in [0, 0.05) is 0 Å². The topological polar surface area (TPSA) is 161 Å². The smallest absolute Gasteiger partial charge is 0.565 e. The normalized spacial score (nSPS) is 7.06. The Morgan fingerprint density at radius 3 is 0.889 bits per heavy atom. The van der Waals surface area contributed by atoms with Gasteiger partial charge in [0.1, 0.15) is 5.97 Å². The molecule has 0 saturated heterocycles. The molecule has 2 N–H and O–H groups in total. The maximum atomic E-state index is 10.5. The van der Waals surface area contributed by atoms with Gasteiger partial charge in [-0.1, -0.05) is 0 Å². The molecular formula is C4H2F3K2NaO8. The van der Waals surface area contributed by atoms with E-state index in [1.54, 1.807) is 0 Å². The molecule has 0 bridgehead atoms. The van der Waals surface area contributed by atoms with Crippen molar-refractivity contribution >= 4 is 18.3 Å². The number of hydrogen-bond donors (Lipinski definition) is 2. The molecule has 0 aromatic heterocycles. The first kappa shape index (κ1) is 36.9. The first-order valence-electron chi connectivity index (χ1n) is 2.49. The summed E-state index contributed by atoms with van der Waals surface area (Å²) in [6.07, 6.45) is -9.36. The van der Waals surface area contributed by atoms with Crippen LogP contribution in [-0.4, -0.2) is 34.7 Å². The summed E-state index contributed by atoms with van der Waals surface area (Å²) >= 11 is 0. The van der Waals surface area contributed by atoms with E-state index in [4.69, 9.17) is 39.9 Å². The molecule has 0 aromatic carbocycles. The van der Waals surface area contributed by atoms with E-state index in [0.717, 1.165) is 0 Å². The van der Waals surface area contributed by atoms with Crippen LogP contribution in [0.2, 0.25) is 0 Å². The largest absolute Gasteiger partial charge is 1.00 e. The van der Waals surface area contributed by atoms with Crippen LogP contribution in [-0.2, 0) is 4.79 Å². The van der Waals surface area contributed by atoms with E-state index < -0.39 is 24.5 Å². The molecule has 0 spiro atoms. The van der Waals surface area contributed by atoms with Gasteiger partial charge >= 0.3 is 139 Å². The molecule has 0 unspecified atom stereocenters. The van der Waals surface area contributed by atoms with Crippen molar-refractivity contribution in [1.82, 2.24) is 0 Å². The molecule has 0 aromatic rings. The number of hydrogen-bond acceptors (Lipinski definition) is 6. The Morgan fingerprint density at radius 1 is 0.833 bits per heavy atom. The van der Waals surface area contributed by atoms with Gasteiger partial charge in [0.05, 0.1) is 0 Å². The fourth-order valence-corrected chi connectivity index (χ4v) is 0. The second kappa shape index (κ2) is 21.4. The van der Waals surface area contributed by atoms with Crippen LogP contribution in [0.15, 0.2) is 0 Å². The van der Waals surface area contributed by atoms with Gasteiger partial charge in [0.2, 0.25) is 12.3 Å². The number of carboxylic acid groups (broad SMARTS) is 5. The van der Waals surface area contributed by atoms with Gasteiger partial charge in [0.15, 0.2) is 0 Å². The summed E-state index contributed by atoms with van der Waals surface area (Å²) in [5.74, 6) is -3.01. The van der Waals surface area contributed by atoms with Crippen LogP contribution in [0, 0.1) is 0 Å². The van der Waals surface area contributed by atoms with Crippen LogP contribution in [0.3, 0.4) is 0 Å². The molecule has 0 saturated carbocycles. The van der Waals surface area contributed by atoms with E-state index in [-0.39, 0.29) is 132 Å². The van der Waals surface area contributed by atoms with Crippen molar-refractivity contribution in [2.24, 2.45) is 0 Å². The van der Waals surface area contributed by atoms with E-state index in [1.165, 1.54) is 0 Å². The van der Waals surface area contributed by atoms with Gasteiger partial charge in [-0.15, -0.1) is 0 Å². The molecule has 0 rings (SSSR count). The van der Waals surface area contributed by atoms with Gasteiger partial charge in [-0.05, 0) is 0 Å². The molecule has 14 heteroatoms. The van der Waals surface area contributed by atoms with E-state index in [2.05, 4.69) is 0 Å². The molecule has 18 heavy (non-hydrogen) atoms. The third kappa shape index (κ3) is 80.8. The van der Waals surface area contributed by atoms with Gasteiger partial charge in [0.25, 0.3) is 0 Å². The Balaban J connectivity index is -0.0000000292. The summed E-state index contributed by atoms with van der Waals surface area (Å²) in [6.45, 7) is 0. The first-order valence-corrected chi connectivity index (χ1v) is 2.49. The van der Waals surface area contributed by atoms with Crippen LogP contribution < -0.4 is 148 Å². The molecule has 0 aliphatic rings. The predicted molar refractivity (Wildman–Crippen MR) is 27.1 cm³/mol. The molecule has 0 aliphatic heterocycles. The van der Waals surface area contributed by atoms with Gasteiger partial charge in [-0.3, -0.25) is 0 Å². The van der Waals surface area contributed by atoms with E-state index in [9.17, 15) is 13.2 Å². The van der Waals surface area contributed by atoms with Gasteiger partial charge in [-0.25, -0.2) is 0 Å². The Hall–Kier alpha value is 2.07. The standard InChI is InChI=1S/C2HF3O2.2CH2O3.2K.Na/c3-2(4,5)1(6)7;2*2-1(3)4;;;/h(H,6,7);2*(H2,2,3,4);;;/q;;;3*+1/p-3. The zero-order valence-electron chi connectivity index (χ0n) is 9.48. The van der Waals surface area contributed by atoms with Crippen molar-refractivity contribution in [3.8, 4) is 0 Å². The van der Waals surface area contributed by atoms with E-state index in [0.29, 0.717) is 0 Å². The van der Waals surface area contributed by atoms with Crippen LogP contribution in [0.25, 0.3) is 0 Å². The maximum absolute atomic E-state index is 10.5. The van der Waals surface area contributed by atoms with Crippen molar-refractivity contribution in [1.29, 1.82) is 0 Å². The zero-order chi connectivity index (χ0) is 13.2. The fraction of sp³-hybridized carbons (Fsp3) is 0.250. The van der Waals surface area contributed by atoms with Gasteiger partial charge < -0.3 is 39.9 Å². The minimum absolute atomic E-state index is 0. The monoisotopic (exact) mass is 336 g/mol. The second-order valence-electron chi connectivity index (χ2n) is 1.32. The number of carbonyl (C=O) groups excluding carboxylic acids is 1. The molecule has 0 aliphatic carbocycles. The van der Waals surface area contributed by atoms with Gasteiger partial charge in [-0.2, -0.15) is 13.2 Å². The molecule has 0 fully saturated rings. The summed E-state index contributed by atoms with van der Waals surface area (Å²) in [6, 6.07) is 0. The van der Waals surface area contributed by atoms with Crippen molar-refractivity contribution < 1.29 is 185 Å². The Bertz CT molecular complexity index is 215. The predicted octanol–water partition coefficient (Wildman–Crippen LogP) is -11.9. The van der Waals surface area contributed by atoms with Crippen LogP contribution in [0.4, 0.5) is 22.8 Å². The fourth-order valence-electron chi connectivity index (χ4n) is 0. The summed E-state index contributed by atoms with van der Waals surface area (Å²) in [5.41, 5.74) is 0. The summed E-state index contributed by atoms with van der Waals surface area (Å²) in [4.78, 5) is 25.7. The quantitative estimate of drug-likeness (QED) is 0.412. The van der Waals surface area contributed by atoms with Crippen LogP contribution in [0.1, 0.15) is 0 Å². The molecule has 0 atom stereocenters. The minimum atomic E-state index is -5.19. The Labute approximate surface area is 205 Å². The average molecular weight is 336 g/mol. The van der Waals surface area contributed by atoms with Crippen molar-refractivity contribution in [2.45, 2.75) is 6.18 Å². The van der Waals surface area contributed by atoms with Crippen molar-refractivity contribution in [3.63, 3.8) is 0 Å². The number of rotatable bonds is 0. The SMILES string of the molecule is O=C([O-])C(F)(F)F.O=C([O-])O.O=C([O-])O.[K+].[K+].[Na+]. The van der Waals surface area contributed by atoms with Crippen molar-refractivity contribution in [3.05, 3.63) is 0 Å². The molecule has 0 radical (unpaired) electrons. The molecule has 0 amide bonds. The third-order valence-corrected chi connectivity index (χ3v) is 0.231. The maximum Gasteiger partial charge on any atom is 1.00 e. The summed E-state index contributed by atoms with van der Waals surface area (Å²) < 4.78 is 31.5. The number of alkyl halides is 3. The number of carbonyl (C=O) groups is 3. The Kier molecular flexibility index (Phi) is 43.8. The molecule has 8 nitrogen and oxygen atoms in total. The Morgan fingerprint density at radius 2 is 0.889 bits per heavy atom. The zero-order valence-corrected chi connectivity index (χ0v) is 17.7. The van der Waals surface area contributed by atoms with E-state index >= 15 is 0 Å². The third-order valence-electron chi connectivity index (χ3n) is 0.231. The van der Waals surface area contributed by atoms with Crippen molar-refractivity contribution in [2.75, 3.05) is 0 Å². The average Bonchev–Trinajstić information content (AvgIpc) is 1.80.